The van der Waals surface area contributed by atoms with Crippen molar-refractivity contribution in [3.8, 4) is 5.75 Å². The molecule has 0 bridgehead atoms. The van der Waals surface area contributed by atoms with Gasteiger partial charge < -0.3 is 10.1 Å². The first-order chi connectivity index (χ1) is 9.65. The Labute approximate surface area is 138 Å². The van der Waals surface area contributed by atoms with Gasteiger partial charge in [0.2, 0.25) is 0 Å². The normalized spacial score (nSPS) is 12.2. The van der Waals surface area contributed by atoms with E-state index in [1.807, 2.05) is 18.2 Å². The third-order valence-electron chi connectivity index (χ3n) is 3.13. The summed E-state index contributed by atoms with van der Waals surface area (Å²) in [6.45, 7) is 2.97. The van der Waals surface area contributed by atoms with Crippen molar-refractivity contribution in [3.05, 3.63) is 62.2 Å². The predicted molar refractivity (Wildman–Crippen MR) is 92.7 cm³/mol. The van der Waals surface area contributed by atoms with Gasteiger partial charge in [-0.25, -0.2) is 0 Å². The van der Waals surface area contributed by atoms with Gasteiger partial charge in [0.05, 0.1) is 13.2 Å². The number of benzene rings is 2. The van der Waals surface area contributed by atoms with Crippen molar-refractivity contribution in [2.45, 2.75) is 13.0 Å². The highest BCUT2D eigenvalue weighted by Crippen LogP contribution is 2.31. The molecular formula is C16H17ClINO. The molecule has 20 heavy (non-hydrogen) atoms. The molecule has 0 aliphatic heterocycles. The monoisotopic (exact) mass is 401 g/mol. The van der Waals surface area contributed by atoms with Crippen LogP contribution >= 0.6 is 34.2 Å². The molecule has 0 saturated heterocycles. The Hall–Kier alpha value is -0.780. The zero-order valence-electron chi connectivity index (χ0n) is 11.5. The van der Waals surface area contributed by atoms with Crippen LogP contribution in [0.25, 0.3) is 0 Å². The maximum Gasteiger partial charge on any atom is 0.120 e. The van der Waals surface area contributed by atoms with Gasteiger partial charge in [0.25, 0.3) is 0 Å². The van der Waals surface area contributed by atoms with Gasteiger partial charge in [0, 0.05) is 8.59 Å². The van der Waals surface area contributed by atoms with Crippen LogP contribution in [-0.4, -0.2) is 13.7 Å². The fourth-order valence-electron chi connectivity index (χ4n) is 2.14. The molecule has 2 nitrogen and oxygen atoms in total. The van der Waals surface area contributed by atoms with Gasteiger partial charge >= 0.3 is 0 Å². The molecule has 0 radical (unpaired) electrons. The first-order valence-electron chi connectivity index (χ1n) is 6.48. The van der Waals surface area contributed by atoms with E-state index < -0.39 is 0 Å². The van der Waals surface area contributed by atoms with E-state index >= 15 is 0 Å². The summed E-state index contributed by atoms with van der Waals surface area (Å²) in [5, 5.41) is 4.20. The minimum atomic E-state index is 0.0930. The fraction of sp³-hybridized carbons (Fsp3) is 0.250. The second kappa shape index (κ2) is 7.29. The minimum Gasteiger partial charge on any atom is -0.497 e. The maximum atomic E-state index is 6.40. The molecule has 1 atom stereocenters. The Balaban J connectivity index is 2.40. The number of methoxy groups -OCH3 is 1. The predicted octanol–water partition coefficient (Wildman–Crippen LogP) is 4.65. The molecule has 2 aromatic rings. The molecule has 0 aliphatic rings. The summed E-state index contributed by atoms with van der Waals surface area (Å²) in [7, 11) is 1.65. The van der Waals surface area contributed by atoms with Gasteiger partial charge in [-0.3, -0.25) is 0 Å². The van der Waals surface area contributed by atoms with Gasteiger partial charge in [0.15, 0.2) is 0 Å². The van der Waals surface area contributed by atoms with Crippen molar-refractivity contribution in [1.82, 2.24) is 5.32 Å². The average molecular weight is 402 g/mol. The quantitative estimate of drug-likeness (QED) is 0.736. The van der Waals surface area contributed by atoms with E-state index in [0.29, 0.717) is 5.02 Å². The van der Waals surface area contributed by atoms with E-state index in [-0.39, 0.29) is 6.04 Å². The van der Waals surface area contributed by atoms with E-state index in [1.54, 1.807) is 7.11 Å². The van der Waals surface area contributed by atoms with Gasteiger partial charge in [-0.05, 0) is 64.5 Å². The average Bonchev–Trinajstić information content (AvgIpc) is 2.46. The standard InChI is InChI=1S/C16H17ClINO/c1-3-19-16(11-4-6-12(18)7-5-11)14-9-8-13(20-2)10-15(14)17/h4-10,16,19H,3H2,1-2H3. The number of rotatable bonds is 5. The van der Waals surface area contributed by atoms with Crippen molar-refractivity contribution in [2.24, 2.45) is 0 Å². The number of halogens is 2. The van der Waals surface area contributed by atoms with Gasteiger partial charge in [-0.15, -0.1) is 0 Å². The topological polar surface area (TPSA) is 21.3 Å². The summed E-state index contributed by atoms with van der Waals surface area (Å²) in [4.78, 5) is 0. The molecular weight excluding hydrogens is 385 g/mol. The molecule has 0 amide bonds. The van der Waals surface area contributed by atoms with Crippen LogP contribution in [0.2, 0.25) is 5.02 Å². The molecule has 0 fully saturated rings. The van der Waals surface area contributed by atoms with Crippen LogP contribution in [0.15, 0.2) is 42.5 Å². The van der Waals surface area contributed by atoms with Crippen LogP contribution < -0.4 is 10.1 Å². The van der Waals surface area contributed by atoms with Gasteiger partial charge in [0.1, 0.15) is 5.75 Å². The lowest BCUT2D eigenvalue weighted by molar-refractivity contribution is 0.414. The summed E-state index contributed by atoms with van der Waals surface area (Å²) in [6, 6.07) is 14.4. The molecule has 2 rings (SSSR count). The molecule has 4 heteroatoms. The Morgan fingerprint density at radius 1 is 1.20 bits per heavy atom. The van der Waals surface area contributed by atoms with E-state index in [0.717, 1.165) is 17.9 Å². The maximum absolute atomic E-state index is 6.40. The zero-order valence-corrected chi connectivity index (χ0v) is 14.4. The van der Waals surface area contributed by atoms with Crippen LogP contribution in [0.5, 0.6) is 5.75 Å². The first-order valence-corrected chi connectivity index (χ1v) is 7.93. The molecule has 1 N–H and O–H groups in total. The molecule has 2 aromatic carbocycles. The Morgan fingerprint density at radius 2 is 1.90 bits per heavy atom. The SMILES string of the molecule is CCNC(c1ccc(I)cc1)c1ccc(OC)cc1Cl. The summed E-state index contributed by atoms with van der Waals surface area (Å²) >= 11 is 8.71. The molecule has 0 aliphatic carbocycles. The first kappa shape index (κ1) is 15.6. The van der Waals surface area contributed by atoms with Gasteiger partial charge in [-0.2, -0.15) is 0 Å². The Kier molecular flexibility index (Phi) is 5.69. The highest BCUT2D eigenvalue weighted by molar-refractivity contribution is 14.1. The molecule has 0 spiro atoms. The third-order valence-corrected chi connectivity index (χ3v) is 4.18. The number of ether oxygens (including phenoxy) is 1. The van der Waals surface area contributed by atoms with Crippen LogP contribution in [0.3, 0.4) is 0 Å². The Bertz CT molecular complexity index is 571. The van der Waals surface area contributed by atoms with Gasteiger partial charge in [-0.1, -0.05) is 36.7 Å². The zero-order chi connectivity index (χ0) is 14.5. The Morgan fingerprint density at radius 3 is 2.45 bits per heavy atom. The van der Waals surface area contributed by atoms with E-state index in [4.69, 9.17) is 16.3 Å². The molecule has 0 heterocycles. The smallest absolute Gasteiger partial charge is 0.120 e. The van der Waals surface area contributed by atoms with Crippen molar-refractivity contribution in [3.63, 3.8) is 0 Å². The third kappa shape index (κ3) is 3.65. The number of hydrogen-bond donors (Lipinski definition) is 1. The summed E-state index contributed by atoms with van der Waals surface area (Å²) < 4.78 is 6.43. The van der Waals surface area contributed by atoms with Crippen LogP contribution in [0.4, 0.5) is 0 Å². The lowest BCUT2D eigenvalue weighted by Crippen LogP contribution is -2.22. The minimum absolute atomic E-state index is 0.0930. The van der Waals surface area contributed by atoms with Crippen molar-refractivity contribution in [2.75, 3.05) is 13.7 Å². The molecule has 1 unspecified atom stereocenters. The van der Waals surface area contributed by atoms with Crippen molar-refractivity contribution >= 4 is 34.2 Å². The second-order valence-electron chi connectivity index (χ2n) is 4.43. The summed E-state index contributed by atoms with van der Waals surface area (Å²) in [6.07, 6.45) is 0. The van der Waals surface area contributed by atoms with Crippen LogP contribution in [-0.2, 0) is 0 Å². The van der Waals surface area contributed by atoms with Crippen molar-refractivity contribution < 1.29 is 4.74 Å². The highest BCUT2D eigenvalue weighted by Gasteiger charge is 2.16. The lowest BCUT2D eigenvalue weighted by atomic mass is 9.98. The van der Waals surface area contributed by atoms with E-state index in [9.17, 15) is 0 Å². The molecule has 0 aromatic heterocycles. The molecule has 0 saturated carbocycles. The largest absolute Gasteiger partial charge is 0.497 e. The summed E-state index contributed by atoms with van der Waals surface area (Å²) in [5.74, 6) is 0.775. The summed E-state index contributed by atoms with van der Waals surface area (Å²) in [5.41, 5.74) is 2.27. The second-order valence-corrected chi connectivity index (χ2v) is 6.08. The van der Waals surface area contributed by atoms with E-state index in [2.05, 4.69) is 59.1 Å². The lowest BCUT2D eigenvalue weighted by Gasteiger charge is -2.20. The van der Waals surface area contributed by atoms with Crippen molar-refractivity contribution in [1.29, 1.82) is 0 Å². The number of nitrogens with one attached hydrogen (secondary N) is 1. The van der Waals surface area contributed by atoms with Crippen LogP contribution in [0.1, 0.15) is 24.1 Å². The number of hydrogen-bond acceptors (Lipinski definition) is 2. The fourth-order valence-corrected chi connectivity index (χ4v) is 2.77. The van der Waals surface area contributed by atoms with E-state index in [1.165, 1.54) is 9.13 Å². The van der Waals surface area contributed by atoms with Crippen LogP contribution in [0, 0.1) is 3.57 Å². The highest BCUT2D eigenvalue weighted by atomic mass is 127. The molecule has 106 valence electrons.